The number of rotatable bonds is 4. The zero-order valence-electron chi connectivity index (χ0n) is 11.9. The van der Waals surface area contributed by atoms with Crippen molar-refractivity contribution in [1.29, 1.82) is 0 Å². The first kappa shape index (κ1) is 12.9. The van der Waals surface area contributed by atoms with Crippen LogP contribution in [0, 0.1) is 5.92 Å². The SMILES string of the molecule is CNC1CCC(N2CCN(CC3CC3)CC2)CC1. The predicted octanol–water partition coefficient (Wildman–Crippen LogP) is 1.54. The maximum absolute atomic E-state index is 3.44. The molecule has 18 heavy (non-hydrogen) atoms. The maximum Gasteiger partial charge on any atom is 0.0113 e. The molecule has 104 valence electrons. The van der Waals surface area contributed by atoms with Gasteiger partial charge in [0.2, 0.25) is 0 Å². The van der Waals surface area contributed by atoms with Crippen molar-refractivity contribution >= 4 is 0 Å². The third-order valence-corrected chi connectivity index (χ3v) is 5.24. The van der Waals surface area contributed by atoms with E-state index in [0.29, 0.717) is 0 Å². The highest BCUT2D eigenvalue weighted by molar-refractivity contribution is 4.86. The molecule has 1 aliphatic heterocycles. The van der Waals surface area contributed by atoms with Crippen molar-refractivity contribution in [2.75, 3.05) is 39.8 Å². The molecule has 3 fully saturated rings. The number of nitrogens with zero attached hydrogens (tertiary/aromatic N) is 2. The molecule has 0 amide bonds. The molecule has 1 heterocycles. The van der Waals surface area contributed by atoms with Crippen LogP contribution >= 0.6 is 0 Å². The Bertz CT molecular complexity index is 248. The standard InChI is InChI=1S/C15H29N3/c1-16-14-4-6-15(7-5-14)18-10-8-17(9-11-18)12-13-2-3-13/h13-16H,2-12H2,1H3. The molecule has 1 N–H and O–H groups in total. The lowest BCUT2D eigenvalue weighted by atomic mass is 9.90. The summed E-state index contributed by atoms with van der Waals surface area (Å²) in [7, 11) is 2.11. The Morgan fingerprint density at radius 3 is 2.11 bits per heavy atom. The van der Waals surface area contributed by atoms with Crippen LogP contribution in [0.3, 0.4) is 0 Å². The highest BCUT2D eigenvalue weighted by Gasteiger charge is 2.30. The van der Waals surface area contributed by atoms with E-state index < -0.39 is 0 Å². The van der Waals surface area contributed by atoms with E-state index in [2.05, 4.69) is 22.2 Å². The van der Waals surface area contributed by atoms with Gasteiger partial charge in [-0.05, 0) is 51.5 Å². The molecule has 3 rings (SSSR count). The number of piperazine rings is 1. The molecule has 0 radical (unpaired) electrons. The average Bonchev–Trinajstić information content (AvgIpc) is 3.24. The number of nitrogens with one attached hydrogen (secondary N) is 1. The van der Waals surface area contributed by atoms with Crippen LogP contribution < -0.4 is 5.32 Å². The van der Waals surface area contributed by atoms with E-state index in [-0.39, 0.29) is 0 Å². The van der Waals surface area contributed by atoms with E-state index in [1.165, 1.54) is 71.2 Å². The topological polar surface area (TPSA) is 18.5 Å². The van der Waals surface area contributed by atoms with Gasteiger partial charge in [0.1, 0.15) is 0 Å². The van der Waals surface area contributed by atoms with Crippen LogP contribution in [0.2, 0.25) is 0 Å². The van der Waals surface area contributed by atoms with Crippen molar-refractivity contribution in [2.45, 2.75) is 50.6 Å². The molecule has 0 unspecified atom stereocenters. The van der Waals surface area contributed by atoms with Crippen molar-refractivity contribution in [2.24, 2.45) is 5.92 Å². The third kappa shape index (κ3) is 3.25. The van der Waals surface area contributed by atoms with Gasteiger partial charge in [-0.2, -0.15) is 0 Å². The largest absolute Gasteiger partial charge is 0.317 e. The summed E-state index contributed by atoms with van der Waals surface area (Å²) < 4.78 is 0. The summed E-state index contributed by atoms with van der Waals surface area (Å²) in [6, 6.07) is 1.68. The van der Waals surface area contributed by atoms with E-state index in [1.54, 1.807) is 0 Å². The Labute approximate surface area is 112 Å². The van der Waals surface area contributed by atoms with E-state index in [4.69, 9.17) is 0 Å². The molecule has 0 aromatic rings. The first-order valence-electron chi connectivity index (χ1n) is 7.99. The molecular formula is C15H29N3. The summed E-state index contributed by atoms with van der Waals surface area (Å²) in [5.74, 6) is 1.06. The molecule has 1 saturated heterocycles. The summed E-state index contributed by atoms with van der Waals surface area (Å²) >= 11 is 0. The zero-order chi connectivity index (χ0) is 12.4. The van der Waals surface area contributed by atoms with E-state index >= 15 is 0 Å². The number of hydrogen-bond donors (Lipinski definition) is 1. The molecule has 0 aromatic carbocycles. The second-order valence-corrected chi connectivity index (χ2v) is 6.57. The predicted molar refractivity (Wildman–Crippen MR) is 75.8 cm³/mol. The van der Waals surface area contributed by atoms with Gasteiger partial charge < -0.3 is 10.2 Å². The van der Waals surface area contributed by atoms with Crippen LogP contribution in [0.4, 0.5) is 0 Å². The normalized spacial score (nSPS) is 35.8. The smallest absolute Gasteiger partial charge is 0.0113 e. The summed E-state index contributed by atoms with van der Waals surface area (Å²) in [5, 5.41) is 3.44. The highest BCUT2D eigenvalue weighted by atomic mass is 15.3. The lowest BCUT2D eigenvalue weighted by Gasteiger charge is -2.42. The minimum atomic E-state index is 0.789. The number of hydrogen-bond acceptors (Lipinski definition) is 3. The first-order chi connectivity index (χ1) is 8.85. The maximum atomic E-state index is 3.44. The minimum Gasteiger partial charge on any atom is -0.317 e. The molecule has 0 atom stereocenters. The van der Waals surface area contributed by atoms with Crippen molar-refractivity contribution in [3.05, 3.63) is 0 Å². The Morgan fingerprint density at radius 2 is 1.56 bits per heavy atom. The second kappa shape index (κ2) is 5.89. The van der Waals surface area contributed by atoms with Gasteiger partial charge in [-0.15, -0.1) is 0 Å². The van der Waals surface area contributed by atoms with E-state index in [0.717, 1.165) is 18.0 Å². The third-order valence-electron chi connectivity index (χ3n) is 5.24. The summed E-state index contributed by atoms with van der Waals surface area (Å²) in [6.45, 7) is 6.68. The van der Waals surface area contributed by atoms with E-state index in [9.17, 15) is 0 Å². The van der Waals surface area contributed by atoms with Gasteiger partial charge in [0, 0.05) is 44.8 Å². The summed E-state index contributed by atoms with van der Waals surface area (Å²) in [6.07, 6.45) is 8.57. The van der Waals surface area contributed by atoms with Crippen molar-refractivity contribution in [3.63, 3.8) is 0 Å². The van der Waals surface area contributed by atoms with Crippen LogP contribution in [0.15, 0.2) is 0 Å². The van der Waals surface area contributed by atoms with Crippen LogP contribution in [0.1, 0.15) is 38.5 Å². The van der Waals surface area contributed by atoms with Crippen molar-refractivity contribution < 1.29 is 0 Å². The van der Waals surface area contributed by atoms with Gasteiger partial charge in [-0.3, -0.25) is 4.90 Å². The Hall–Kier alpha value is -0.120. The molecule has 0 bridgehead atoms. The van der Waals surface area contributed by atoms with Gasteiger partial charge in [0.05, 0.1) is 0 Å². The molecule has 3 heteroatoms. The van der Waals surface area contributed by atoms with Gasteiger partial charge >= 0.3 is 0 Å². The van der Waals surface area contributed by atoms with Gasteiger partial charge in [-0.1, -0.05) is 0 Å². The van der Waals surface area contributed by atoms with Crippen LogP contribution in [0.25, 0.3) is 0 Å². The fourth-order valence-corrected chi connectivity index (χ4v) is 3.71. The second-order valence-electron chi connectivity index (χ2n) is 6.57. The summed E-state index contributed by atoms with van der Waals surface area (Å²) in [4.78, 5) is 5.47. The van der Waals surface area contributed by atoms with Crippen molar-refractivity contribution in [3.8, 4) is 0 Å². The fraction of sp³-hybridized carbons (Fsp3) is 1.00. The molecule has 3 nitrogen and oxygen atoms in total. The zero-order valence-corrected chi connectivity index (χ0v) is 11.9. The van der Waals surface area contributed by atoms with Gasteiger partial charge in [0.25, 0.3) is 0 Å². The average molecular weight is 251 g/mol. The lowest BCUT2D eigenvalue weighted by molar-refractivity contribution is 0.0725. The minimum absolute atomic E-state index is 0.789. The van der Waals surface area contributed by atoms with Gasteiger partial charge in [-0.25, -0.2) is 0 Å². The van der Waals surface area contributed by atoms with E-state index in [1.807, 2.05) is 0 Å². The molecule has 2 aliphatic carbocycles. The van der Waals surface area contributed by atoms with Crippen LogP contribution in [-0.2, 0) is 0 Å². The van der Waals surface area contributed by atoms with Crippen molar-refractivity contribution in [1.82, 2.24) is 15.1 Å². The Morgan fingerprint density at radius 1 is 0.889 bits per heavy atom. The lowest BCUT2D eigenvalue weighted by Crippen LogP contribution is -2.52. The molecular weight excluding hydrogens is 222 g/mol. The first-order valence-corrected chi connectivity index (χ1v) is 7.99. The van der Waals surface area contributed by atoms with Crippen LogP contribution in [-0.4, -0.2) is 61.7 Å². The Kier molecular flexibility index (Phi) is 4.22. The highest BCUT2D eigenvalue weighted by Crippen LogP contribution is 2.30. The monoisotopic (exact) mass is 251 g/mol. The van der Waals surface area contributed by atoms with Crippen LogP contribution in [0.5, 0.6) is 0 Å². The summed E-state index contributed by atoms with van der Waals surface area (Å²) in [5.41, 5.74) is 0. The molecule has 3 aliphatic rings. The van der Waals surface area contributed by atoms with Gasteiger partial charge in [0.15, 0.2) is 0 Å². The molecule has 0 spiro atoms. The quantitative estimate of drug-likeness (QED) is 0.818. The molecule has 2 saturated carbocycles. The molecule has 0 aromatic heterocycles. The fourth-order valence-electron chi connectivity index (χ4n) is 3.71. The Balaban J connectivity index is 1.39.